The van der Waals surface area contributed by atoms with Gasteiger partial charge >= 0.3 is 0 Å². The fraction of sp³-hybridized carbons (Fsp3) is 0.350. The van der Waals surface area contributed by atoms with Crippen molar-refractivity contribution in [1.82, 2.24) is 14.9 Å². The molecule has 5 rings (SSSR count). The molecule has 6 nitrogen and oxygen atoms in total. The number of aromatic amines is 1. The highest BCUT2D eigenvalue weighted by atomic mass is 32.1. The van der Waals surface area contributed by atoms with Crippen LogP contribution in [0.25, 0.3) is 10.9 Å². The van der Waals surface area contributed by atoms with Crippen molar-refractivity contribution in [1.29, 1.82) is 0 Å². The first kappa shape index (κ1) is 16.5. The van der Waals surface area contributed by atoms with Gasteiger partial charge < -0.3 is 15.2 Å². The molecule has 2 aromatic heterocycles. The summed E-state index contributed by atoms with van der Waals surface area (Å²) in [5.41, 5.74) is 2.67. The van der Waals surface area contributed by atoms with Gasteiger partial charge in [0.05, 0.1) is 12.2 Å². The summed E-state index contributed by atoms with van der Waals surface area (Å²) in [4.78, 5) is 35.7. The van der Waals surface area contributed by atoms with Crippen molar-refractivity contribution >= 4 is 39.2 Å². The Morgan fingerprint density at radius 2 is 2.15 bits per heavy atom. The second kappa shape index (κ2) is 6.49. The van der Waals surface area contributed by atoms with Gasteiger partial charge in [-0.25, -0.2) is 4.98 Å². The highest BCUT2D eigenvalue weighted by molar-refractivity contribution is 7.15. The number of benzene rings is 1. The Hall–Kier alpha value is -2.67. The molecule has 3 heterocycles. The molecule has 2 amide bonds. The Balaban J connectivity index is 1.31. The topological polar surface area (TPSA) is 78.1 Å². The molecular formula is C20H20N4O2S. The standard InChI is InChI=1S/C20H20N4O2S/c25-18(13-2-1-3-13)23-20-22-15-7-9-24(11-17(15)27-20)19(26)14-5-4-12-6-8-21-16(12)10-14/h4-6,8,10,13,21H,1-3,7,9,11H2,(H,22,23,25). The average molecular weight is 380 g/mol. The van der Waals surface area contributed by atoms with Crippen molar-refractivity contribution in [3.8, 4) is 0 Å². The monoisotopic (exact) mass is 380 g/mol. The van der Waals surface area contributed by atoms with Crippen molar-refractivity contribution in [2.24, 2.45) is 5.92 Å². The fourth-order valence-corrected chi connectivity index (χ4v) is 4.69. The Morgan fingerprint density at radius 1 is 1.26 bits per heavy atom. The number of nitrogens with zero attached hydrogens (tertiary/aromatic N) is 2. The van der Waals surface area contributed by atoms with E-state index in [9.17, 15) is 9.59 Å². The largest absolute Gasteiger partial charge is 0.361 e. The van der Waals surface area contributed by atoms with Gasteiger partial charge in [0.2, 0.25) is 5.91 Å². The smallest absolute Gasteiger partial charge is 0.254 e. The number of aromatic nitrogens is 2. The molecule has 1 aromatic carbocycles. The first-order valence-corrected chi connectivity index (χ1v) is 10.1. The van der Waals surface area contributed by atoms with E-state index in [2.05, 4.69) is 15.3 Å². The van der Waals surface area contributed by atoms with Crippen LogP contribution in [0.5, 0.6) is 0 Å². The number of thiazole rings is 1. The van der Waals surface area contributed by atoms with Crippen molar-refractivity contribution in [2.45, 2.75) is 32.2 Å². The Kier molecular flexibility index (Phi) is 3.97. The minimum absolute atomic E-state index is 0.0330. The maximum Gasteiger partial charge on any atom is 0.254 e. The minimum Gasteiger partial charge on any atom is -0.361 e. The number of carbonyl (C=O) groups is 2. The van der Waals surface area contributed by atoms with Gasteiger partial charge in [-0.05, 0) is 36.4 Å². The van der Waals surface area contributed by atoms with Gasteiger partial charge in [0.25, 0.3) is 5.91 Å². The van der Waals surface area contributed by atoms with Crippen molar-refractivity contribution in [3.05, 3.63) is 46.6 Å². The second-order valence-corrected chi connectivity index (χ2v) is 8.35. The molecule has 7 heteroatoms. The maximum atomic E-state index is 12.9. The van der Waals surface area contributed by atoms with Gasteiger partial charge in [0, 0.05) is 41.0 Å². The quantitative estimate of drug-likeness (QED) is 0.729. The molecule has 0 spiro atoms. The number of nitrogens with one attached hydrogen (secondary N) is 2. The van der Waals surface area contributed by atoms with E-state index in [1.165, 1.54) is 11.3 Å². The third-order valence-corrected chi connectivity index (χ3v) is 6.52. The Bertz CT molecular complexity index is 1030. The van der Waals surface area contributed by atoms with Gasteiger partial charge in [-0.2, -0.15) is 0 Å². The minimum atomic E-state index is 0.0330. The lowest BCUT2D eigenvalue weighted by Gasteiger charge is -2.26. The number of hydrogen-bond donors (Lipinski definition) is 2. The van der Waals surface area contributed by atoms with Crippen LogP contribution in [0.15, 0.2) is 30.5 Å². The number of fused-ring (bicyclic) bond motifs is 2. The molecule has 2 aliphatic rings. The predicted octanol–water partition coefficient (Wildman–Crippen LogP) is 3.56. The molecule has 1 aliphatic carbocycles. The molecule has 2 N–H and O–H groups in total. The van der Waals surface area contributed by atoms with E-state index >= 15 is 0 Å². The number of carbonyl (C=O) groups excluding carboxylic acids is 2. The zero-order valence-corrected chi connectivity index (χ0v) is 15.6. The predicted molar refractivity (Wildman–Crippen MR) is 105 cm³/mol. The van der Waals surface area contributed by atoms with E-state index in [0.717, 1.165) is 47.2 Å². The lowest BCUT2D eigenvalue weighted by atomic mass is 9.85. The van der Waals surface area contributed by atoms with Crippen LogP contribution in [-0.4, -0.2) is 33.2 Å². The molecule has 0 saturated heterocycles. The van der Waals surface area contributed by atoms with E-state index in [0.29, 0.717) is 23.8 Å². The van der Waals surface area contributed by atoms with Crippen molar-refractivity contribution < 1.29 is 9.59 Å². The molecule has 1 saturated carbocycles. The highest BCUT2D eigenvalue weighted by Crippen LogP contribution is 2.32. The van der Waals surface area contributed by atoms with Crippen LogP contribution < -0.4 is 5.32 Å². The van der Waals surface area contributed by atoms with Crippen LogP contribution in [0, 0.1) is 5.92 Å². The summed E-state index contributed by atoms with van der Waals surface area (Å²) in [6.45, 7) is 1.20. The van der Waals surface area contributed by atoms with Crippen molar-refractivity contribution in [3.63, 3.8) is 0 Å². The Labute approximate surface area is 160 Å². The number of anilines is 1. The molecule has 138 valence electrons. The fourth-order valence-electron chi connectivity index (χ4n) is 3.66. The number of amides is 2. The zero-order valence-electron chi connectivity index (χ0n) is 14.8. The normalized spacial score (nSPS) is 16.8. The SMILES string of the molecule is O=C(Nc1nc2c(s1)CN(C(=O)c1ccc3cc[nH]c3c1)CC2)C1CCC1. The molecule has 1 fully saturated rings. The zero-order chi connectivity index (χ0) is 18.4. The van der Waals surface area contributed by atoms with Gasteiger partial charge in [-0.3, -0.25) is 9.59 Å². The number of hydrogen-bond acceptors (Lipinski definition) is 4. The van der Waals surface area contributed by atoms with Crippen LogP contribution >= 0.6 is 11.3 Å². The highest BCUT2D eigenvalue weighted by Gasteiger charge is 2.28. The van der Waals surface area contributed by atoms with E-state index in [-0.39, 0.29) is 17.7 Å². The third kappa shape index (κ3) is 3.02. The maximum absolute atomic E-state index is 12.9. The molecule has 0 unspecified atom stereocenters. The molecule has 0 atom stereocenters. The molecule has 1 aliphatic heterocycles. The van der Waals surface area contributed by atoms with Gasteiger partial charge in [-0.1, -0.05) is 23.8 Å². The van der Waals surface area contributed by atoms with E-state index in [4.69, 9.17) is 0 Å². The summed E-state index contributed by atoms with van der Waals surface area (Å²) in [6.07, 6.45) is 5.69. The summed E-state index contributed by atoms with van der Waals surface area (Å²) in [6, 6.07) is 7.75. The summed E-state index contributed by atoms with van der Waals surface area (Å²) in [5, 5.41) is 4.72. The average Bonchev–Trinajstić information content (AvgIpc) is 3.23. The summed E-state index contributed by atoms with van der Waals surface area (Å²) < 4.78 is 0. The summed E-state index contributed by atoms with van der Waals surface area (Å²) >= 11 is 1.49. The van der Waals surface area contributed by atoms with Gasteiger partial charge in [-0.15, -0.1) is 0 Å². The van der Waals surface area contributed by atoms with E-state index < -0.39 is 0 Å². The van der Waals surface area contributed by atoms with Crippen LogP contribution in [0.2, 0.25) is 0 Å². The molecule has 0 radical (unpaired) electrons. The molecule has 3 aromatic rings. The first-order chi connectivity index (χ1) is 13.2. The van der Waals surface area contributed by atoms with E-state index in [1.807, 2.05) is 35.4 Å². The van der Waals surface area contributed by atoms with Gasteiger partial charge in [0.15, 0.2) is 5.13 Å². The van der Waals surface area contributed by atoms with Crippen LogP contribution in [0.4, 0.5) is 5.13 Å². The summed E-state index contributed by atoms with van der Waals surface area (Å²) in [5.74, 6) is 0.261. The lowest BCUT2D eigenvalue weighted by Crippen LogP contribution is -2.35. The number of rotatable bonds is 3. The van der Waals surface area contributed by atoms with Crippen LogP contribution in [-0.2, 0) is 17.8 Å². The third-order valence-electron chi connectivity index (χ3n) is 5.53. The van der Waals surface area contributed by atoms with Gasteiger partial charge in [0.1, 0.15) is 0 Å². The van der Waals surface area contributed by atoms with Crippen LogP contribution in [0.1, 0.15) is 40.2 Å². The van der Waals surface area contributed by atoms with E-state index in [1.54, 1.807) is 0 Å². The Morgan fingerprint density at radius 3 is 2.96 bits per heavy atom. The lowest BCUT2D eigenvalue weighted by molar-refractivity contribution is -0.122. The van der Waals surface area contributed by atoms with Crippen molar-refractivity contribution in [2.75, 3.05) is 11.9 Å². The molecule has 0 bridgehead atoms. The first-order valence-electron chi connectivity index (χ1n) is 9.33. The molecular weight excluding hydrogens is 360 g/mol. The molecule has 27 heavy (non-hydrogen) atoms. The van der Waals surface area contributed by atoms with Crippen LogP contribution in [0.3, 0.4) is 0 Å². The second-order valence-electron chi connectivity index (χ2n) is 7.26. The summed E-state index contributed by atoms with van der Waals surface area (Å²) in [7, 11) is 0. The number of H-pyrrole nitrogens is 1.